The summed E-state index contributed by atoms with van der Waals surface area (Å²) in [6, 6.07) is 7.17. The van der Waals surface area contributed by atoms with Crippen molar-refractivity contribution >= 4 is 5.69 Å². The molecule has 0 atom stereocenters. The lowest BCUT2D eigenvalue weighted by Crippen LogP contribution is -2.22. The van der Waals surface area contributed by atoms with Crippen molar-refractivity contribution in [3.05, 3.63) is 28.8 Å². The maximum absolute atomic E-state index is 8.72. The van der Waals surface area contributed by atoms with E-state index in [0.717, 1.165) is 5.56 Å². The van der Waals surface area contributed by atoms with Crippen molar-refractivity contribution in [2.45, 2.75) is 6.92 Å². The Morgan fingerprint density at radius 3 is 2.00 bits per heavy atom. The number of rotatable bonds is 1. The Bertz CT molecular complexity index is 399. The number of hydrogen-bond acceptors (Lipinski definition) is 3. The first kappa shape index (κ1) is 8.89. The Balaban J connectivity index is 3.56. The van der Waals surface area contributed by atoms with Gasteiger partial charge in [-0.3, -0.25) is 0 Å². The quantitative estimate of drug-likeness (QED) is 0.626. The van der Waals surface area contributed by atoms with Crippen LogP contribution >= 0.6 is 0 Å². The first-order valence-corrected chi connectivity index (χ1v) is 3.58. The summed E-state index contributed by atoms with van der Waals surface area (Å²) in [5, 5.41) is 20.8. The molecule has 0 spiro atoms. The molecule has 0 aliphatic carbocycles. The van der Waals surface area contributed by atoms with Crippen LogP contribution in [0.5, 0.6) is 0 Å². The summed E-state index contributed by atoms with van der Waals surface area (Å²) in [6.45, 7) is 1.81. The maximum atomic E-state index is 8.72. The van der Waals surface area contributed by atoms with Crippen LogP contribution in [-0.2, 0) is 0 Å². The number of hydrogen-bond donors (Lipinski definition) is 1. The van der Waals surface area contributed by atoms with Gasteiger partial charge in [-0.2, -0.15) is 16.1 Å². The molecule has 1 aromatic carbocycles. The van der Waals surface area contributed by atoms with Crippen LogP contribution in [0.2, 0.25) is 0 Å². The zero-order chi connectivity index (χ0) is 9.84. The van der Waals surface area contributed by atoms with Crippen LogP contribution < -0.4 is 5.53 Å². The topological polar surface area (TPSA) is 85.5 Å². The summed E-state index contributed by atoms with van der Waals surface area (Å²) in [5.41, 5.74) is 6.85. The molecule has 0 radical (unpaired) electrons. The molecule has 0 saturated heterocycles. The van der Waals surface area contributed by atoms with E-state index in [1.807, 2.05) is 19.1 Å². The van der Waals surface area contributed by atoms with Gasteiger partial charge in [0.15, 0.2) is 5.69 Å². The van der Waals surface area contributed by atoms with Gasteiger partial charge in [-0.25, -0.2) is 0 Å². The fourth-order valence-corrected chi connectivity index (χ4v) is 1.09. The number of nitrogens with two attached hydrogens (primary N) is 1. The zero-order valence-electron chi connectivity index (χ0n) is 7.07. The standard InChI is InChI=1S/C9H6N4/c1-6-2-7(4-10)9(13-12)8(3-6)5-11/h2-3,12H,1H3/p+1. The molecule has 0 bridgehead atoms. The van der Waals surface area contributed by atoms with Crippen molar-refractivity contribution in [2.24, 2.45) is 5.11 Å². The summed E-state index contributed by atoms with van der Waals surface area (Å²) in [6.07, 6.45) is 0. The molecule has 0 aliphatic heterocycles. The molecule has 62 valence electrons. The smallest absolute Gasteiger partial charge is 0.165 e. The average molecular weight is 171 g/mol. The van der Waals surface area contributed by atoms with Gasteiger partial charge in [0.25, 0.3) is 0 Å². The van der Waals surface area contributed by atoms with Crippen LogP contribution in [-0.4, -0.2) is 0 Å². The molecule has 2 N–H and O–H groups in total. The van der Waals surface area contributed by atoms with Gasteiger partial charge in [-0.1, -0.05) is 0 Å². The van der Waals surface area contributed by atoms with Crippen molar-refractivity contribution in [1.29, 1.82) is 10.5 Å². The first-order chi connectivity index (χ1) is 6.22. The summed E-state index contributed by atoms with van der Waals surface area (Å²) in [7, 11) is 0. The molecule has 0 aliphatic rings. The minimum absolute atomic E-state index is 0.260. The third-order valence-corrected chi connectivity index (χ3v) is 1.62. The molecule has 13 heavy (non-hydrogen) atoms. The van der Waals surface area contributed by atoms with E-state index in [-0.39, 0.29) is 5.69 Å². The highest BCUT2D eigenvalue weighted by molar-refractivity contribution is 5.63. The molecule has 4 heteroatoms. The van der Waals surface area contributed by atoms with Gasteiger partial charge in [0.05, 0.1) is 11.1 Å². The van der Waals surface area contributed by atoms with E-state index in [9.17, 15) is 0 Å². The monoisotopic (exact) mass is 171 g/mol. The fourth-order valence-electron chi connectivity index (χ4n) is 1.09. The Labute approximate surface area is 75.5 Å². The minimum Gasteiger partial charge on any atom is -0.192 e. The highest BCUT2D eigenvalue weighted by Gasteiger charge is 2.10. The van der Waals surface area contributed by atoms with Crippen LogP contribution in [0.15, 0.2) is 17.2 Å². The highest BCUT2D eigenvalue weighted by Crippen LogP contribution is 2.23. The van der Waals surface area contributed by atoms with Crippen LogP contribution in [0.1, 0.15) is 16.7 Å². The summed E-state index contributed by atoms with van der Waals surface area (Å²) < 4.78 is 0. The SMILES string of the molecule is Cc1cc(C#N)c(N=[NH2+])c(C#N)c1. The van der Waals surface area contributed by atoms with Gasteiger partial charge < -0.3 is 0 Å². The van der Waals surface area contributed by atoms with Gasteiger partial charge in [-0.15, -0.1) is 0 Å². The molecule has 0 heterocycles. The maximum Gasteiger partial charge on any atom is 0.165 e. The van der Waals surface area contributed by atoms with Crippen molar-refractivity contribution in [1.82, 2.24) is 0 Å². The predicted molar refractivity (Wildman–Crippen MR) is 44.6 cm³/mol. The van der Waals surface area contributed by atoms with Gasteiger partial charge in [0, 0.05) is 0 Å². The number of aryl methyl sites for hydroxylation is 1. The Kier molecular flexibility index (Phi) is 2.37. The minimum atomic E-state index is 0.260. The molecular formula is C9H7N4+. The molecule has 0 unspecified atom stereocenters. The second-order valence-electron chi connectivity index (χ2n) is 2.56. The normalized spacial score (nSPS) is 8.54. The third-order valence-electron chi connectivity index (χ3n) is 1.62. The van der Waals surface area contributed by atoms with Crippen molar-refractivity contribution in [3.8, 4) is 12.1 Å². The number of nitrogens with zero attached hydrogens (tertiary/aromatic N) is 3. The van der Waals surface area contributed by atoms with Crippen molar-refractivity contribution in [3.63, 3.8) is 0 Å². The number of nitriles is 2. The van der Waals surface area contributed by atoms with Crippen LogP contribution in [0.4, 0.5) is 5.69 Å². The third kappa shape index (κ3) is 1.52. The van der Waals surface area contributed by atoms with Crippen LogP contribution in [0, 0.1) is 29.6 Å². The van der Waals surface area contributed by atoms with Gasteiger partial charge in [-0.05, 0) is 29.7 Å². The molecule has 1 rings (SSSR count). The lowest BCUT2D eigenvalue weighted by molar-refractivity contribution is -0.210. The zero-order valence-corrected chi connectivity index (χ0v) is 7.07. The molecule has 0 amide bonds. The molecular weight excluding hydrogens is 164 g/mol. The lowest BCUT2D eigenvalue weighted by atomic mass is 10.1. The summed E-state index contributed by atoms with van der Waals surface area (Å²) in [5.74, 6) is 0. The van der Waals surface area contributed by atoms with Gasteiger partial charge >= 0.3 is 0 Å². The van der Waals surface area contributed by atoms with E-state index in [4.69, 9.17) is 16.1 Å². The lowest BCUT2D eigenvalue weighted by Gasteiger charge is -1.97. The first-order valence-electron chi connectivity index (χ1n) is 3.58. The van der Waals surface area contributed by atoms with E-state index in [0.29, 0.717) is 11.1 Å². The van der Waals surface area contributed by atoms with E-state index >= 15 is 0 Å². The fraction of sp³-hybridized carbons (Fsp3) is 0.111. The summed E-state index contributed by atoms with van der Waals surface area (Å²) in [4.78, 5) is 0. The molecule has 0 saturated carbocycles. The second-order valence-corrected chi connectivity index (χ2v) is 2.56. The second kappa shape index (κ2) is 3.46. The average Bonchev–Trinajstić information content (AvgIpc) is 2.16. The van der Waals surface area contributed by atoms with Gasteiger partial charge in [0.2, 0.25) is 0 Å². The van der Waals surface area contributed by atoms with E-state index < -0.39 is 0 Å². The van der Waals surface area contributed by atoms with E-state index in [2.05, 4.69) is 5.11 Å². The van der Waals surface area contributed by atoms with E-state index in [1.165, 1.54) is 0 Å². The Hall–Kier alpha value is -2.20. The summed E-state index contributed by atoms with van der Waals surface area (Å²) >= 11 is 0. The molecule has 1 aromatic rings. The van der Waals surface area contributed by atoms with Crippen LogP contribution in [0.3, 0.4) is 0 Å². The number of benzene rings is 1. The highest BCUT2D eigenvalue weighted by atomic mass is 15.0. The van der Waals surface area contributed by atoms with Gasteiger partial charge in [0.1, 0.15) is 12.1 Å². The van der Waals surface area contributed by atoms with Crippen molar-refractivity contribution in [2.75, 3.05) is 0 Å². The Morgan fingerprint density at radius 1 is 1.23 bits per heavy atom. The molecule has 4 nitrogen and oxygen atoms in total. The Morgan fingerprint density at radius 2 is 1.69 bits per heavy atom. The predicted octanol–water partition coefficient (Wildman–Crippen LogP) is 0.581. The van der Waals surface area contributed by atoms with E-state index in [1.54, 1.807) is 12.1 Å². The molecule has 0 aromatic heterocycles. The van der Waals surface area contributed by atoms with Crippen LogP contribution in [0.25, 0.3) is 0 Å². The largest absolute Gasteiger partial charge is 0.192 e. The molecule has 0 fully saturated rings. The van der Waals surface area contributed by atoms with Crippen molar-refractivity contribution < 1.29 is 5.53 Å².